The molecule has 3 aromatic rings. The molecule has 400 valence electrons. The number of hydrogen-bond acceptors (Lipinski definition) is 11. The summed E-state index contributed by atoms with van der Waals surface area (Å²) in [7, 11) is 4.86. The van der Waals surface area contributed by atoms with Crippen LogP contribution in [0.4, 0.5) is 0 Å². The smallest absolute Gasteiger partial charge is 0.414 e. The number of methoxy groups -OCH3 is 3. The summed E-state index contributed by atoms with van der Waals surface area (Å²) in [4.78, 5) is 58.3. The molecule has 0 radical (unpaired) electrons. The molecule has 3 fully saturated rings. The predicted molar refractivity (Wildman–Crippen MR) is 281 cm³/mol. The number of amides is 1. The Hall–Kier alpha value is -4.34. The topological polar surface area (TPSA) is 171 Å². The summed E-state index contributed by atoms with van der Waals surface area (Å²) in [5, 5.41) is 37.2. The second-order valence-electron chi connectivity index (χ2n) is 22.5. The zero-order valence-corrected chi connectivity index (χ0v) is 45.0. The van der Waals surface area contributed by atoms with E-state index < -0.39 is 82.3 Å². The quantitative estimate of drug-likeness (QED) is 0.0765. The SMILES string of the molecule is CCC1/C=C(\C)C(O)C(C)CC(OC)C2C[N+](O)(C(=O)C(=O)C3CCCCC3C(=O)CC(C(C)=CC3CCC(Oc4ccc5c(ccn5Cc5ccccc5)c4)C(OC)C3)C(C)C(O)CC1=O)C(C)CC2OC. The number of aromatic nitrogens is 1. The van der Waals surface area contributed by atoms with Gasteiger partial charge in [-0.2, -0.15) is 0 Å². The predicted octanol–water partition coefficient (Wildman–Crippen LogP) is 9.65. The lowest BCUT2D eigenvalue weighted by Gasteiger charge is -2.46. The van der Waals surface area contributed by atoms with Crippen LogP contribution < -0.4 is 4.74 Å². The third-order valence-corrected chi connectivity index (χ3v) is 17.8. The summed E-state index contributed by atoms with van der Waals surface area (Å²) in [5.41, 5.74) is 3.90. The first-order chi connectivity index (χ1) is 34.9. The molecule has 2 saturated carbocycles. The van der Waals surface area contributed by atoms with E-state index in [0.29, 0.717) is 44.1 Å². The van der Waals surface area contributed by atoms with Gasteiger partial charge in [0.2, 0.25) is 0 Å². The molecule has 13 heteroatoms. The molecule has 7 rings (SSSR count). The number of ether oxygens (including phenoxy) is 4. The van der Waals surface area contributed by atoms with E-state index in [1.165, 1.54) is 5.56 Å². The van der Waals surface area contributed by atoms with Gasteiger partial charge in [-0.1, -0.05) is 81.7 Å². The normalized spacial score (nSPS) is 36.7. The minimum atomic E-state index is -1.11. The number of aliphatic hydroxyl groups excluding tert-OH is 2. The van der Waals surface area contributed by atoms with Crippen molar-refractivity contribution in [1.29, 1.82) is 0 Å². The number of ketones is 3. The first kappa shape index (κ1) is 56.4. The number of hydroxylamine groups is 3. The van der Waals surface area contributed by atoms with E-state index in [-0.39, 0.29) is 61.4 Å². The van der Waals surface area contributed by atoms with Crippen molar-refractivity contribution in [2.75, 3.05) is 27.9 Å². The van der Waals surface area contributed by atoms with Crippen LogP contribution >= 0.6 is 0 Å². The Balaban J connectivity index is 1.15. The molecule has 3 N–H and O–H groups in total. The van der Waals surface area contributed by atoms with E-state index in [1.54, 1.807) is 28.3 Å². The van der Waals surface area contributed by atoms with Gasteiger partial charge >= 0.3 is 5.91 Å². The van der Waals surface area contributed by atoms with Crippen molar-refractivity contribution in [3.8, 4) is 5.75 Å². The zero-order chi connectivity index (χ0) is 52.7. The van der Waals surface area contributed by atoms with Crippen molar-refractivity contribution >= 4 is 34.2 Å². The second kappa shape index (κ2) is 25.0. The van der Waals surface area contributed by atoms with Crippen molar-refractivity contribution < 1.29 is 58.2 Å². The van der Waals surface area contributed by atoms with Crippen LogP contribution in [0.5, 0.6) is 5.75 Å². The number of Topliss-reactive ketones (excluding diaryl/α,β-unsaturated/α-hetero) is 3. The molecule has 2 aliphatic carbocycles. The molecule has 3 heterocycles. The highest BCUT2D eigenvalue weighted by atomic mass is 16.6. The fraction of sp³-hybridized carbons (Fsp3) is 0.633. The van der Waals surface area contributed by atoms with Crippen molar-refractivity contribution in [2.24, 2.45) is 47.3 Å². The molecule has 1 saturated heterocycles. The Bertz CT molecular complexity index is 2430. The lowest BCUT2D eigenvalue weighted by Crippen LogP contribution is -2.67. The number of nitrogens with zero attached hydrogens (tertiary/aromatic N) is 2. The maximum Gasteiger partial charge on any atom is 0.414 e. The van der Waals surface area contributed by atoms with E-state index in [2.05, 4.69) is 59.3 Å². The van der Waals surface area contributed by atoms with Gasteiger partial charge < -0.3 is 33.7 Å². The van der Waals surface area contributed by atoms with Gasteiger partial charge in [0.1, 0.15) is 36.0 Å². The van der Waals surface area contributed by atoms with Gasteiger partial charge in [0.15, 0.2) is 0 Å². The molecule has 2 bridgehead atoms. The van der Waals surface area contributed by atoms with Gasteiger partial charge in [-0.3, -0.25) is 14.4 Å². The summed E-state index contributed by atoms with van der Waals surface area (Å²) in [6.45, 7) is 11.9. The van der Waals surface area contributed by atoms with Crippen LogP contribution in [0.25, 0.3) is 10.9 Å². The standard InChI is InChI=1S/C60H85N2O11/c1-10-43-27-37(3)58(66)38(4)28-55(70-7)49-35-62(69,39(5)29-56(49)71-8)60(68)59(67)47-19-15-14-18-46(47)53(65)32-48(40(6)51(63)33-52(43)64)36(2)26-42-20-23-54(57(30-42)72-9)73-45-21-22-50-44(31-45)24-25-61(50)34-41-16-12-11-13-17-41/h11-13,16-17,21-22,24-27,31,38-40,42-43,46-49,51,54-58,63,66,69H,10,14-15,18-20,23,28-30,32-35H2,1-9H3/q+1/b36-26?,37-27+. The number of hydrogen-bond donors (Lipinski definition) is 3. The van der Waals surface area contributed by atoms with Gasteiger partial charge in [-0.25, -0.2) is 10.0 Å². The number of carbonyl (C=O) groups is 4. The summed E-state index contributed by atoms with van der Waals surface area (Å²) < 4.78 is 25.9. The average molecular weight is 1010 g/mol. The lowest BCUT2D eigenvalue weighted by molar-refractivity contribution is -1.06. The van der Waals surface area contributed by atoms with Crippen molar-refractivity contribution in [1.82, 2.24) is 4.57 Å². The molecule has 1 amide bonds. The highest BCUT2D eigenvalue weighted by Crippen LogP contribution is 2.41. The zero-order valence-electron chi connectivity index (χ0n) is 45.0. The summed E-state index contributed by atoms with van der Waals surface area (Å²) in [6, 6.07) is 18.0. The molecule has 1 aromatic heterocycles. The molecule has 2 aromatic carbocycles. The third kappa shape index (κ3) is 12.9. The number of carbonyl (C=O) groups excluding carboxylic acids is 4. The van der Waals surface area contributed by atoms with Crippen molar-refractivity contribution in [2.45, 2.75) is 168 Å². The molecule has 0 spiro atoms. The van der Waals surface area contributed by atoms with Crippen LogP contribution in [-0.4, -0.2) is 118 Å². The summed E-state index contributed by atoms with van der Waals surface area (Å²) in [5.74, 6) is -5.15. The molecule has 4 aliphatic rings. The molecule has 2 aliphatic heterocycles. The number of benzene rings is 2. The van der Waals surface area contributed by atoms with Crippen LogP contribution in [0.1, 0.15) is 124 Å². The average Bonchev–Trinajstić information content (AvgIpc) is 3.79. The largest absolute Gasteiger partial charge is 0.488 e. The third-order valence-electron chi connectivity index (χ3n) is 17.8. The van der Waals surface area contributed by atoms with Gasteiger partial charge in [0.25, 0.3) is 5.78 Å². The number of piperidine rings is 1. The van der Waals surface area contributed by atoms with Crippen LogP contribution in [0, 0.1) is 47.3 Å². The first-order valence-electron chi connectivity index (χ1n) is 27.3. The fourth-order valence-corrected chi connectivity index (χ4v) is 13.1. The highest BCUT2D eigenvalue weighted by molar-refractivity contribution is 6.34. The van der Waals surface area contributed by atoms with E-state index >= 15 is 0 Å². The van der Waals surface area contributed by atoms with Gasteiger partial charge in [0.05, 0.1) is 36.4 Å². The lowest BCUT2D eigenvalue weighted by atomic mass is 9.70. The van der Waals surface area contributed by atoms with Crippen LogP contribution in [0.2, 0.25) is 0 Å². The number of allylic oxidation sites excluding steroid dienone is 3. The number of quaternary nitrogens is 1. The van der Waals surface area contributed by atoms with Crippen LogP contribution in [0.3, 0.4) is 0 Å². The van der Waals surface area contributed by atoms with Crippen molar-refractivity contribution in [3.63, 3.8) is 0 Å². The summed E-state index contributed by atoms with van der Waals surface area (Å²) >= 11 is 0. The van der Waals surface area contributed by atoms with E-state index in [9.17, 15) is 34.6 Å². The highest BCUT2D eigenvalue weighted by Gasteiger charge is 2.57. The molecule has 13 nitrogen and oxygen atoms in total. The Kier molecular flexibility index (Phi) is 19.3. The second-order valence-corrected chi connectivity index (χ2v) is 22.5. The molecule has 73 heavy (non-hydrogen) atoms. The maximum atomic E-state index is 14.9. The number of fused-ring (bicyclic) bond motifs is 4. The molecule has 16 atom stereocenters. The van der Waals surface area contributed by atoms with E-state index in [0.717, 1.165) is 48.0 Å². The maximum absolute atomic E-state index is 14.9. The Morgan fingerprint density at radius 1 is 0.795 bits per heavy atom. The number of aliphatic hydroxyl groups is 2. The van der Waals surface area contributed by atoms with E-state index in [1.807, 2.05) is 52.8 Å². The van der Waals surface area contributed by atoms with Crippen molar-refractivity contribution in [3.05, 3.63) is 89.7 Å². The van der Waals surface area contributed by atoms with E-state index in [4.69, 9.17) is 18.9 Å². The number of rotatable bonds is 10. The van der Waals surface area contributed by atoms with Gasteiger partial charge in [-0.15, -0.1) is 4.65 Å². The molecular weight excluding hydrogens is 925 g/mol. The Morgan fingerprint density at radius 3 is 2.16 bits per heavy atom. The van der Waals surface area contributed by atoms with Gasteiger partial charge in [0, 0.05) is 82.0 Å². The fourth-order valence-electron chi connectivity index (χ4n) is 13.1. The first-order valence-corrected chi connectivity index (χ1v) is 27.3. The van der Waals surface area contributed by atoms with Gasteiger partial charge in [-0.05, 0) is 125 Å². The minimum Gasteiger partial charge on any atom is -0.488 e. The summed E-state index contributed by atoms with van der Waals surface area (Å²) in [6.07, 6.45) is 8.15. The van der Waals surface area contributed by atoms with Crippen LogP contribution in [-0.2, 0) is 39.9 Å². The molecule has 16 unspecified atom stereocenters. The minimum absolute atomic E-state index is 0.0159. The molecular formula is C60H85N2O11+. The van der Waals surface area contributed by atoms with Crippen LogP contribution in [0.15, 0.2) is 84.1 Å². The Labute approximate surface area is 433 Å². The Morgan fingerprint density at radius 2 is 1.48 bits per heavy atom. The monoisotopic (exact) mass is 1010 g/mol.